The van der Waals surface area contributed by atoms with Crippen LogP contribution >= 0.6 is 11.6 Å². The quantitative estimate of drug-likeness (QED) is 0.752. The molecule has 0 aliphatic carbocycles. The van der Waals surface area contributed by atoms with Crippen molar-refractivity contribution in [2.75, 3.05) is 0 Å². The van der Waals surface area contributed by atoms with Gasteiger partial charge in [-0.2, -0.15) is 0 Å². The molecule has 4 heteroatoms. The molecule has 0 spiro atoms. The second-order valence-electron chi connectivity index (χ2n) is 4.61. The highest BCUT2D eigenvalue weighted by molar-refractivity contribution is 6.30. The lowest BCUT2D eigenvalue weighted by molar-refractivity contribution is 0.192. The molecule has 1 unspecified atom stereocenters. The van der Waals surface area contributed by atoms with Gasteiger partial charge in [0.2, 0.25) is 0 Å². The van der Waals surface area contributed by atoms with Crippen LogP contribution < -0.4 is 4.74 Å². The van der Waals surface area contributed by atoms with Gasteiger partial charge >= 0.3 is 0 Å². The maximum Gasteiger partial charge on any atom is 0.156 e. The number of nitrogens with zero attached hydrogens (tertiary/aromatic N) is 1. The minimum absolute atomic E-state index is 0.0939. The number of para-hydroxylation sites is 2. The van der Waals surface area contributed by atoms with Crippen molar-refractivity contribution in [1.82, 2.24) is 9.97 Å². The van der Waals surface area contributed by atoms with Gasteiger partial charge in [-0.05, 0) is 42.8 Å². The molecule has 2 aromatic carbocycles. The lowest BCUT2D eigenvalue weighted by atomic mass is 10.2. The van der Waals surface area contributed by atoms with E-state index in [1.54, 1.807) is 0 Å². The number of hydrogen-bond donors (Lipinski definition) is 1. The van der Waals surface area contributed by atoms with Crippen molar-refractivity contribution in [2.24, 2.45) is 0 Å². The van der Waals surface area contributed by atoms with Crippen LogP contribution in [0.15, 0.2) is 48.5 Å². The summed E-state index contributed by atoms with van der Waals surface area (Å²) in [5.74, 6) is 1.64. The Morgan fingerprint density at radius 3 is 2.60 bits per heavy atom. The van der Waals surface area contributed by atoms with Crippen molar-refractivity contribution in [3.8, 4) is 5.75 Å². The number of hydrogen-bond acceptors (Lipinski definition) is 2. The standard InChI is InChI=1S/C16H15ClN2O/c1-2-15(20-12-9-7-11(17)8-10-12)16-18-13-5-3-4-6-14(13)19-16/h3-10,15H,2H2,1H3,(H,18,19). The van der Waals surface area contributed by atoms with E-state index < -0.39 is 0 Å². The molecule has 3 nitrogen and oxygen atoms in total. The van der Waals surface area contributed by atoms with Crippen LogP contribution in [0.25, 0.3) is 11.0 Å². The molecule has 1 aromatic heterocycles. The molecule has 0 saturated heterocycles. The molecule has 1 N–H and O–H groups in total. The third kappa shape index (κ3) is 2.63. The molecule has 102 valence electrons. The number of ether oxygens (including phenoxy) is 1. The van der Waals surface area contributed by atoms with Gasteiger partial charge in [-0.15, -0.1) is 0 Å². The highest BCUT2D eigenvalue weighted by atomic mass is 35.5. The van der Waals surface area contributed by atoms with E-state index in [2.05, 4.69) is 16.9 Å². The highest BCUT2D eigenvalue weighted by Gasteiger charge is 2.15. The predicted molar refractivity (Wildman–Crippen MR) is 81.2 cm³/mol. The predicted octanol–water partition coefficient (Wildman–Crippen LogP) is 4.75. The summed E-state index contributed by atoms with van der Waals surface area (Å²) in [6, 6.07) is 15.4. The summed E-state index contributed by atoms with van der Waals surface area (Å²) in [5.41, 5.74) is 1.99. The summed E-state index contributed by atoms with van der Waals surface area (Å²) in [6.07, 6.45) is 0.742. The maximum atomic E-state index is 5.98. The number of rotatable bonds is 4. The van der Waals surface area contributed by atoms with Crippen LogP contribution in [-0.4, -0.2) is 9.97 Å². The normalized spacial score (nSPS) is 12.5. The Kier molecular flexibility index (Phi) is 3.61. The number of fused-ring (bicyclic) bond motifs is 1. The molecule has 0 fully saturated rings. The first-order chi connectivity index (χ1) is 9.76. The summed E-state index contributed by atoms with van der Waals surface area (Å²) in [7, 11) is 0. The lowest BCUT2D eigenvalue weighted by Crippen LogP contribution is -2.08. The summed E-state index contributed by atoms with van der Waals surface area (Å²) in [5, 5.41) is 0.703. The highest BCUT2D eigenvalue weighted by Crippen LogP contribution is 2.25. The number of nitrogens with one attached hydrogen (secondary N) is 1. The van der Waals surface area contributed by atoms with Crippen LogP contribution in [0.3, 0.4) is 0 Å². The van der Waals surface area contributed by atoms with Crippen molar-refractivity contribution < 1.29 is 4.74 Å². The molecule has 0 bridgehead atoms. The van der Waals surface area contributed by atoms with Crippen LogP contribution in [0.2, 0.25) is 5.02 Å². The molecule has 1 heterocycles. The summed E-state index contributed by atoms with van der Waals surface area (Å²) >= 11 is 5.88. The lowest BCUT2D eigenvalue weighted by Gasteiger charge is -2.15. The van der Waals surface area contributed by atoms with Gasteiger partial charge in [0.15, 0.2) is 6.10 Å². The Balaban J connectivity index is 1.87. The van der Waals surface area contributed by atoms with Crippen LogP contribution in [-0.2, 0) is 0 Å². The molecule has 20 heavy (non-hydrogen) atoms. The van der Waals surface area contributed by atoms with E-state index in [4.69, 9.17) is 16.3 Å². The zero-order valence-corrected chi connectivity index (χ0v) is 11.9. The fraction of sp³-hybridized carbons (Fsp3) is 0.188. The number of halogens is 1. The average Bonchev–Trinajstić information content (AvgIpc) is 2.90. The van der Waals surface area contributed by atoms with E-state index in [0.717, 1.165) is 29.0 Å². The SMILES string of the molecule is CCC(Oc1ccc(Cl)cc1)c1nc2ccccc2[nH]1. The zero-order valence-electron chi connectivity index (χ0n) is 11.1. The van der Waals surface area contributed by atoms with E-state index in [-0.39, 0.29) is 6.10 Å². The van der Waals surface area contributed by atoms with Crippen LogP contribution in [0.5, 0.6) is 5.75 Å². The minimum Gasteiger partial charge on any atom is -0.483 e. The topological polar surface area (TPSA) is 37.9 Å². The van der Waals surface area contributed by atoms with Crippen molar-refractivity contribution in [3.63, 3.8) is 0 Å². The van der Waals surface area contributed by atoms with E-state index in [1.807, 2.05) is 48.5 Å². The van der Waals surface area contributed by atoms with E-state index in [0.29, 0.717) is 5.02 Å². The van der Waals surface area contributed by atoms with Crippen molar-refractivity contribution in [1.29, 1.82) is 0 Å². The van der Waals surface area contributed by atoms with Crippen molar-refractivity contribution >= 4 is 22.6 Å². The monoisotopic (exact) mass is 286 g/mol. The average molecular weight is 287 g/mol. The van der Waals surface area contributed by atoms with Crippen LogP contribution in [0.1, 0.15) is 25.3 Å². The van der Waals surface area contributed by atoms with E-state index >= 15 is 0 Å². The van der Waals surface area contributed by atoms with Crippen molar-refractivity contribution in [2.45, 2.75) is 19.4 Å². The Morgan fingerprint density at radius 1 is 1.15 bits per heavy atom. The Hall–Kier alpha value is -2.00. The Bertz CT molecular complexity index is 673. The third-order valence-electron chi connectivity index (χ3n) is 3.18. The molecule has 0 aliphatic heterocycles. The van der Waals surface area contributed by atoms with E-state index in [9.17, 15) is 0 Å². The molecular formula is C16H15ClN2O. The van der Waals surface area contributed by atoms with Gasteiger partial charge in [-0.1, -0.05) is 30.7 Å². The number of benzene rings is 2. The summed E-state index contributed by atoms with van der Waals surface area (Å²) in [6.45, 7) is 2.08. The maximum absolute atomic E-state index is 5.98. The van der Waals surface area contributed by atoms with Gasteiger partial charge in [0.25, 0.3) is 0 Å². The molecular weight excluding hydrogens is 272 g/mol. The Labute approximate surface area is 122 Å². The first-order valence-electron chi connectivity index (χ1n) is 6.63. The first kappa shape index (κ1) is 13.0. The molecule has 3 rings (SSSR count). The van der Waals surface area contributed by atoms with Gasteiger partial charge < -0.3 is 9.72 Å². The number of aromatic nitrogens is 2. The number of H-pyrrole nitrogens is 1. The third-order valence-corrected chi connectivity index (χ3v) is 3.43. The summed E-state index contributed by atoms with van der Waals surface area (Å²) < 4.78 is 5.98. The van der Waals surface area contributed by atoms with Gasteiger partial charge in [0, 0.05) is 5.02 Å². The fourth-order valence-corrected chi connectivity index (χ4v) is 2.26. The number of imidazole rings is 1. The Morgan fingerprint density at radius 2 is 1.90 bits per heavy atom. The molecule has 0 radical (unpaired) electrons. The minimum atomic E-state index is -0.0939. The van der Waals surface area contributed by atoms with Crippen LogP contribution in [0.4, 0.5) is 0 Å². The van der Waals surface area contributed by atoms with Crippen molar-refractivity contribution in [3.05, 3.63) is 59.4 Å². The van der Waals surface area contributed by atoms with Gasteiger partial charge in [0.05, 0.1) is 11.0 Å². The van der Waals surface area contributed by atoms with E-state index in [1.165, 1.54) is 0 Å². The largest absolute Gasteiger partial charge is 0.483 e. The first-order valence-corrected chi connectivity index (χ1v) is 7.01. The molecule has 1 atom stereocenters. The second-order valence-corrected chi connectivity index (χ2v) is 5.04. The molecule has 3 aromatic rings. The zero-order chi connectivity index (χ0) is 13.9. The fourth-order valence-electron chi connectivity index (χ4n) is 2.13. The molecule has 0 aliphatic rings. The molecule has 0 amide bonds. The van der Waals surface area contributed by atoms with Gasteiger partial charge in [-0.3, -0.25) is 0 Å². The second kappa shape index (κ2) is 5.55. The molecule has 0 saturated carbocycles. The summed E-state index contributed by atoms with van der Waals surface area (Å²) in [4.78, 5) is 7.91. The number of aromatic amines is 1. The van der Waals surface area contributed by atoms with Gasteiger partial charge in [0.1, 0.15) is 11.6 Å². The van der Waals surface area contributed by atoms with Crippen LogP contribution in [0, 0.1) is 0 Å². The smallest absolute Gasteiger partial charge is 0.156 e. The van der Waals surface area contributed by atoms with Gasteiger partial charge in [-0.25, -0.2) is 4.98 Å².